The lowest BCUT2D eigenvalue weighted by Gasteiger charge is -2.23. The third kappa shape index (κ3) is 4.96. The average Bonchev–Trinajstić information content (AvgIpc) is 2.75. The molecule has 0 aliphatic heterocycles. The molecule has 2 N–H and O–H groups in total. The summed E-state index contributed by atoms with van der Waals surface area (Å²) in [5.41, 5.74) is 5.50. The van der Waals surface area contributed by atoms with E-state index in [4.69, 9.17) is 15.7 Å². The van der Waals surface area contributed by atoms with Crippen molar-refractivity contribution in [2.24, 2.45) is 11.7 Å². The maximum Gasteiger partial charge on any atom is 0.107 e. The number of rotatable bonds is 9. The van der Waals surface area contributed by atoms with Gasteiger partial charge < -0.3 is 10.5 Å². The van der Waals surface area contributed by atoms with Gasteiger partial charge in [0.05, 0.1) is 6.07 Å². The number of unbranched alkanes of at least 4 members (excludes halogenated alkanes) is 4. The van der Waals surface area contributed by atoms with Crippen molar-refractivity contribution >= 4 is 0 Å². The second kappa shape index (κ2) is 8.50. The quantitative estimate of drug-likeness (QED) is 0.640. The first-order valence-electron chi connectivity index (χ1n) is 7.51. The molecule has 0 bridgehead atoms. The van der Waals surface area contributed by atoms with Crippen LogP contribution in [-0.4, -0.2) is 18.8 Å². The predicted octanol–water partition coefficient (Wildman–Crippen LogP) is 3.38. The van der Waals surface area contributed by atoms with Crippen molar-refractivity contribution in [3.63, 3.8) is 0 Å². The van der Waals surface area contributed by atoms with Crippen LogP contribution in [0, 0.1) is 17.2 Å². The van der Waals surface area contributed by atoms with Crippen LogP contribution in [0.1, 0.15) is 64.7 Å². The van der Waals surface area contributed by atoms with Gasteiger partial charge in [-0.1, -0.05) is 39.0 Å². The number of ether oxygens (including phenoxy) is 1. The SMILES string of the molecule is CCCCCCCOCCC1CCCC1(N)C#N. The average molecular weight is 252 g/mol. The zero-order valence-electron chi connectivity index (χ0n) is 11.8. The fourth-order valence-electron chi connectivity index (χ4n) is 2.79. The maximum atomic E-state index is 9.10. The Morgan fingerprint density at radius 1 is 1.28 bits per heavy atom. The monoisotopic (exact) mass is 252 g/mol. The Hall–Kier alpha value is -0.590. The highest BCUT2D eigenvalue weighted by atomic mass is 16.5. The van der Waals surface area contributed by atoms with Crippen molar-refractivity contribution in [2.45, 2.75) is 70.3 Å². The highest BCUT2D eigenvalue weighted by molar-refractivity contribution is 5.11. The van der Waals surface area contributed by atoms with Crippen molar-refractivity contribution in [1.82, 2.24) is 0 Å². The van der Waals surface area contributed by atoms with E-state index >= 15 is 0 Å². The molecule has 2 unspecified atom stereocenters. The fourth-order valence-corrected chi connectivity index (χ4v) is 2.79. The second-order valence-electron chi connectivity index (χ2n) is 5.56. The minimum atomic E-state index is -0.579. The lowest BCUT2D eigenvalue weighted by atomic mass is 9.87. The second-order valence-corrected chi connectivity index (χ2v) is 5.56. The number of nitrogens with two attached hydrogens (primary N) is 1. The summed E-state index contributed by atoms with van der Waals surface area (Å²) >= 11 is 0. The van der Waals surface area contributed by atoms with E-state index in [9.17, 15) is 0 Å². The fraction of sp³-hybridized carbons (Fsp3) is 0.933. The van der Waals surface area contributed by atoms with Gasteiger partial charge in [-0.3, -0.25) is 0 Å². The van der Waals surface area contributed by atoms with Crippen LogP contribution in [0.5, 0.6) is 0 Å². The minimum Gasteiger partial charge on any atom is -0.381 e. The van der Waals surface area contributed by atoms with Crippen LogP contribution in [0.25, 0.3) is 0 Å². The summed E-state index contributed by atoms with van der Waals surface area (Å²) in [5.74, 6) is 0.336. The smallest absolute Gasteiger partial charge is 0.107 e. The van der Waals surface area contributed by atoms with Gasteiger partial charge >= 0.3 is 0 Å². The van der Waals surface area contributed by atoms with Crippen molar-refractivity contribution in [1.29, 1.82) is 5.26 Å². The van der Waals surface area contributed by atoms with E-state index in [1.807, 2.05) is 0 Å². The molecule has 1 saturated carbocycles. The normalized spacial score (nSPS) is 27.3. The molecule has 0 radical (unpaired) electrons. The molecule has 1 aliphatic rings. The van der Waals surface area contributed by atoms with Crippen molar-refractivity contribution in [2.75, 3.05) is 13.2 Å². The van der Waals surface area contributed by atoms with Crippen molar-refractivity contribution in [3.8, 4) is 6.07 Å². The molecule has 0 aromatic heterocycles. The molecule has 3 nitrogen and oxygen atoms in total. The molecule has 3 heteroatoms. The number of nitriles is 1. The Bertz CT molecular complexity index is 262. The Morgan fingerprint density at radius 2 is 2.06 bits per heavy atom. The standard InChI is InChI=1S/C15H28N2O/c1-2-3-4-5-6-11-18-12-9-14-8-7-10-15(14,17)13-16/h14H,2-12,17H2,1H3. The molecule has 0 saturated heterocycles. The minimum absolute atomic E-state index is 0.336. The number of hydrogen-bond donors (Lipinski definition) is 1. The Labute approximate surface area is 112 Å². The van der Waals surface area contributed by atoms with E-state index in [-0.39, 0.29) is 0 Å². The summed E-state index contributed by atoms with van der Waals surface area (Å²) in [7, 11) is 0. The molecule has 1 aliphatic carbocycles. The van der Waals surface area contributed by atoms with Gasteiger partial charge in [0, 0.05) is 13.2 Å². The van der Waals surface area contributed by atoms with E-state index in [1.54, 1.807) is 0 Å². The summed E-state index contributed by atoms with van der Waals surface area (Å²) in [6.07, 6.45) is 10.4. The maximum absolute atomic E-state index is 9.10. The molecule has 1 rings (SSSR count). The largest absolute Gasteiger partial charge is 0.381 e. The molecular formula is C15H28N2O. The van der Waals surface area contributed by atoms with Crippen LogP contribution < -0.4 is 5.73 Å². The Balaban J connectivity index is 2.00. The summed E-state index contributed by atoms with van der Waals surface area (Å²) < 4.78 is 5.65. The summed E-state index contributed by atoms with van der Waals surface area (Å²) in [6, 6.07) is 2.29. The zero-order chi connectivity index (χ0) is 13.3. The first kappa shape index (κ1) is 15.5. The summed E-state index contributed by atoms with van der Waals surface area (Å²) in [4.78, 5) is 0. The van der Waals surface area contributed by atoms with Crippen LogP contribution in [0.15, 0.2) is 0 Å². The molecule has 0 heterocycles. The van der Waals surface area contributed by atoms with Gasteiger partial charge in [-0.05, 0) is 31.6 Å². The zero-order valence-corrected chi connectivity index (χ0v) is 11.8. The number of hydrogen-bond acceptors (Lipinski definition) is 3. The lowest BCUT2D eigenvalue weighted by Crippen LogP contribution is -2.42. The van der Waals surface area contributed by atoms with E-state index in [0.29, 0.717) is 5.92 Å². The molecule has 104 valence electrons. The first-order valence-corrected chi connectivity index (χ1v) is 7.51. The van der Waals surface area contributed by atoms with Crippen LogP contribution in [0.4, 0.5) is 0 Å². The van der Waals surface area contributed by atoms with Gasteiger partial charge in [-0.2, -0.15) is 5.26 Å². The van der Waals surface area contributed by atoms with Crippen LogP contribution in [0.3, 0.4) is 0 Å². The summed E-state index contributed by atoms with van der Waals surface area (Å²) in [5, 5.41) is 9.10. The Kier molecular flexibility index (Phi) is 7.31. The third-order valence-corrected chi connectivity index (χ3v) is 4.08. The molecule has 0 spiro atoms. The topological polar surface area (TPSA) is 59.0 Å². The van der Waals surface area contributed by atoms with Crippen molar-refractivity contribution < 1.29 is 4.74 Å². The highest BCUT2D eigenvalue weighted by Crippen LogP contribution is 2.35. The molecule has 0 aromatic rings. The molecule has 2 atom stereocenters. The molecular weight excluding hydrogens is 224 g/mol. The van der Waals surface area contributed by atoms with Crippen LogP contribution in [0.2, 0.25) is 0 Å². The number of nitrogens with zero attached hydrogens (tertiary/aromatic N) is 1. The van der Waals surface area contributed by atoms with Gasteiger partial charge in [0.25, 0.3) is 0 Å². The third-order valence-electron chi connectivity index (χ3n) is 4.08. The van der Waals surface area contributed by atoms with Gasteiger partial charge in [-0.15, -0.1) is 0 Å². The molecule has 18 heavy (non-hydrogen) atoms. The van der Waals surface area contributed by atoms with Crippen LogP contribution >= 0.6 is 0 Å². The first-order chi connectivity index (χ1) is 8.73. The van der Waals surface area contributed by atoms with E-state index in [1.165, 1.54) is 25.7 Å². The Morgan fingerprint density at radius 3 is 2.78 bits per heavy atom. The van der Waals surface area contributed by atoms with Gasteiger partial charge in [0.1, 0.15) is 5.54 Å². The summed E-state index contributed by atoms with van der Waals surface area (Å²) in [6.45, 7) is 3.85. The molecule has 1 fully saturated rings. The van der Waals surface area contributed by atoms with Gasteiger partial charge in [-0.25, -0.2) is 0 Å². The molecule has 0 aromatic carbocycles. The van der Waals surface area contributed by atoms with Crippen molar-refractivity contribution in [3.05, 3.63) is 0 Å². The van der Waals surface area contributed by atoms with Gasteiger partial charge in [0.15, 0.2) is 0 Å². The molecule has 0 amide bonds. The van der Waals surface area contributed by atoms with Gasteiger partial charge in [0.2, 0.25) is 0 Å². The van der Waals surface area contributed by atoms with E-state index < -0.39 is 5.54 Å². The van der Waals surface area contributed by atoms with E-state index in [0.717, 1.165) is 45.3 Å². The van der Waals surface area contributed by atoms with E-state index in [2.05, 4.69) is 13.0 Å². The predicted molar refractivity (Wildman–Crippen MR) is 74.1 cm³/mol. The highest BCUT2D eigenvalue weighted by Gasteiger charge is 2.39. The van der Waals surface area contributed by atoms with Crippen LogP contribution in [-0.2, 0) is 4.74 Å². The lowest BCUT2D eigenvalue weighted by molar-refractivity contribution is 0.111.